The van der Waals surface area contributed by atoms with E-state index in [4.69, 9.17) is 15.7 Å². The highest BCUT2D eigenvalue weighted by Gasteiger charge is 2.31. The molecule has 20 heavy (non-hydrogen) atoms. The van der Waals surface area contributed by atoms with Gasteiger partial charge in [0.05, 0.1) is 18.4 Å². The molecule has 0 aliphatic carbocycles. The van der Waals surface area contributed by atoms with Gasteiger partial charge in [-0.05, 0) is 31.5 Å². The molecular weight excluding hydrogens is 254 g/mol. The van der Waals surface area contributed by atoms with E-state index < -0.39 is 0 Å². The number of fused-ring (bicyclic) bond motifs is 1. The first-order valence-corrected chi connectivity index (χ1v) is 7.02. The fourth-order valence-corrected chi connectivity index (χ4v) is 2.89. The molecule has 3 N–H and O–H groups in total. The van der Waals surface area contributed by atoms with Crippen molar-refractivity contribution in [3.63, 3.8) is 0 Å². The summed E-state index contributed by atoms with van der Waals surface area (Å²) < 4.78 is 5.87. The first-order chi connectivity index (χ1) is 9.76. The van der Waals surface area contributed by atoms with Gasteiger partial charge in [-0.1, -0.05) is 0 Å². The second kappa shape index (κ2) is 5.65. The van der Waals surface area contributed by atoms with Gasteiger partial charge in [-0.2, -0.15) is 5.26 Å². The van der Waals surface area contributed by atoms with Crippen LogP contribution in [0.15, 0.2) is 12.1 Å². The van der Waals surface area contributed by atoms with Crippen LogP contribution in [0, 0.1) is 11.3 Å². The fourth-order valence-electron chi connectivity index (χ4n) is 2.89. The van der Waals surface area contributed by atoms with Crippen molar-refractivity contribution in [3.8, 4) is 6.07 Å². The van der Waals surface area contributed by atoms with Crippen molar-refractivity contribution in [1.29, 1.82) is 5.26 Å². The summed E-state index contributed by atoms with van der Waals surface area (Å²) in [5.74, 6) is 0.669. The minimum absolute atomic E-state index is 0.175. The normalized spacial score (nSPS) is 25.9. The Balaban J connectivity index is 1.56. The Labute approximate surface area is 118 Å². The quantitative estimate of drug-likeness (QED) is 0.847. The predicted octanol–water partition coefficient (Wildman–Crippen LogP) is 0.811. The number of nitrogens with two attached hydrogens (primary N) is 1. The Bertz CT molecular complexity index is 527. The number of hydrogen-bond donors (Lipinski definition) is 2. The van der Waals surface area contributed by atoms with E-state index in [1.54, 1.807) is 12.1 Å². The molecule has 0 amide bonds. The minimum atomic E-state index is 0.175. The molecule has 2 aliphatic rings. The van der Waals surface area contributed by atoms with Crippen LogP contribution in [0.5, 0.6) is 0 Å². The number of pyridine rings is 1. The summed E-state index contributed by atoms with van der Waals surface area (Å²) in [7, 11) is 0. The van der Waals surface area contributed by atoms with E-state index in [1.165, 1.54) is 19.4 Å². The Hall–Kier alpha value is -1.84. The lowest BCUT2D eigenvalue weighted by atomic mass is 10.2. The van der Waals surface area contributed by atoms with Crippen LogP contribution in [0.25, 0.3) is 0 Å². The number of ether oxygens (including phenoxy) is 1. The number of nitrogens with zero attached hydrogens (tertiary/aromatic N) is 3. The molecule has 2 atom stereocenters. The van der Waals surface area contributed by atoms with Crippen molar-refractivity contribution < 1.29 is 4.74 Å². The van der Waals surface area contributed by atoms with Gasteiger partial charge in [0, 0.05) is 19.1 Å². The van der Waals surface area contributed by atoms with E-state index in [0.29, 0.717) is 24.1 Å². The number of hydrogen-bond acceptors (Lipinski definition) is 6. The van der Waals surface area contributed by atoms with Crippen molar-refractivity contribution in [3.05, 3.63) is 17.8 Å². The summed E-state index contributed by atoms with van der Waals surface area (Å²) in [4.78, 5) is 6.68. The molecule has 1 aromatic heterocycles. The maximum absolute atomic E-state index is 8.91. The molecule has 0 aromatic carbocycles. The lowest BCUT2D eigenvalue weighted by Crippen LogP contribution is -2.48. The highest BCUT2D eigenvalue weighted by atomic mass is 16.5. The summed E-state index contributed by atoms with van der Waals surface area (Å²) in [5.41, 5.74) is 6.33. The second-order valence-electron chi connectivity index (χ2n) is 5.37. The molecule has 3 rings (SSSR count). The third-order valence-corrected chi connectivity index (χ3v) is 4.00. The van der Waals surface area contributed by atoms with Crippen molar-refractivity contribution >= 4 is 11.5 Å². The highest BCUT2D eigenvalue weighted by molar-refractivity contribution is 5.54. The van der Waals surface area contributed by atoms with Crippen molar-refractivity contribution in [2.24, 2.45) is 0 Å². The topological polar surface area (TPSA) is 87.2 Å². The van der Waals surface area contributed by atoms with Gasteiger partial charge in [0.2, 0.25) is 0 Å². The van der Waals surface area contributed by atoms with Gasteiger partial charge in [-0.3, -0.25) is 4.90 Å². The Morgan fingerprint density at radius 1 is 1.55 bits per heavy atom. The lowest BCUT2D eigenvalue weighted by Gasteiger charge is -2.35. The van der Waals surface area contributed by atoms with Gasteiger partial charge < -0.3 is 15.8 Å². The van der Waals surface area contributed by atoms with Crippen molar-refractivity contribution in [2.45, 2.75) is 25.0 Å². The van der Waals surface area contributed by atoms with Crippen LogP contribution < -0.4 is 11.1 Å². The fraction of sp³-hybridized carbons (Fsp3) is 0.571. The number of nitriles is 1. The van der Waals surface area contributed by atoms with E-state index in [-0.39, 0.29) is 11.8 Å². The number of morpholine rings is 1. The molecule has 1 aromatic rings. The summed E-state index contributed by atoms with van der Waals surface area (Å²) in [6.45, 7) is 3.68. The monoisotopic (exact) mass is 273 g/mol. The van der Waals surface area contributed by atoms with E-state index in [0.717, 1.165) is 13.2 Å². The van der Waals surface area contributed by atoms with Gasteiger partial charge in [0.1, 0.15) is 11.9 Å². The standard InChI is InChI=1S/C14H19N5O/c15-6-13-12(16)3-4-14(18-13)17-7-11-8-19-5-1-2-10(19)9-20-11/h3-4,10-11H,1-2,5,7-9,16H2,(H,17,18). The molecule has 0 saturated carbocycles. The molecule has 6 nitrogen and oxygen atoms in total. The minimum Gasteiger partial charge on any atom is -0.396 e. The zero-order chi connectivity index (χ0) is 13.9. The maximum atomic E-state index is 8.91. The van der Waals surface area contributed by atoms with Crippen LogP contribution in [-0.2, 0) is 4.74 Å². The zero-order valence-electron chi connectivity index (χ0n) is 11.4. The Morgan fingerprint density at radius 3 is 3.30 bits per heavy atom. The lowest BCUT2D eigenvalue weighted by molar-refractivity contribution is -0.0416. The third-order valence-electron chi connectivity index (χ3n) is 4.00. The van der Waals surface area contributed by atoms with E-state index in [1.807, 2.05) is 6.07 Å². The average Bonchev–Trinajstić information content (AvgIpc) is 2.94. The van der Waals surface area contributed by atoms with Crippen LogP contribution >= 0.6 is 0 Å². The molecule has 2 unspecified atom stereocenters. The molecule has 3 heterocycles. The van der Waals surface area contributed by atoms with Crippen LogP contribution in [0.3, 0.4) is 0 Å². The molecule has 0 bridgehead atoms. The number of aromatic nitrogens is 1. The maximum Gasteiger partial charge on any atom is 0.165 e. The average molecular weight is 273 g/mol. The largest absolute Gasteiger partial charge is 0.396 e. The third kappa shape index (κ3) is 2.69. The molecule has 2 fully saturated rings. The van der Waals surface area contributed by atoms with E-state index >= 15 is 0 Å². The van der Waals surface area contributed by atoms with Crippen molar-refractivity contribution in [1.82, 2.24) is 9.88 Å². The zero-order valence-corrected chi connectivity index (χ0v) is 11.4. The van der Waals surface area contributed by atoms with E-state index in [9.17, 15) is 0 Å². The molecule has 2 aliphatic heterocycles. The molecule has 106 valence electrons. The summed E-state index contributed by atoms with van der Waals surface area (Å²) >= 11 is 0. The van der Waals surface area contributed by atoms with Gasteiger partial charge in [0.25, 0.3) is 0 Å². The molecular formula is C14H19N5O. The van der Waals surface area contributed by atoms with Gasteiger partial charge in [-0.15, -0.1) is 0 Å². The van der Waals surface area contributed by atoms with Crippen LogP contribution in [0.2, 0.25) is 0 Å². The van der Waals surface area contributed by atoms with Crippen molar-refractivity contribution in [2.75, 3.05) is 37.3 Å². The Kier molecular flexibility index (Phi) is 3.72. The first kappa shape index (κ1) is 13.2. The second-order valence-corrected chi connectivity index (χ2v) is 5.37. The smallest absolute Gasteiger partial charge is 0.165 e. The number of rotatable bonds is 3. The summed E-state index contributed by atoms with van der Waals surface area (Å²) in [5, 5.41) is 12.1. The number of nitrogens with one attached hydrogen (secondary N) is 1. The SMILES string of the molecule is N#Cc1nc(NCC2CN3CCCC3CO2)ccc1N. The summed E-state index contributed by atoms with van der Waals surface area (Å²) in [6.07, 6.45) is 2.71. The van der Waals surface area contributed by atoms with Crippen LogP contribution in [-0.4, -0.2) is 48.3 Å². The molecule has 0 spiro atoms. The summed E-state index contributed by atoms with van der Waals surface area (Å²) in [6, 6.07) is 6.09. The first-order valence-electron chi connectivity index (χ1n) is 7.02. The molecule has 0 radical (unpaired) electrons. The van der Waals surface area contributed by atoms with E-state index in [2.05, 4.69) is 15.2 Å². The van der Waals surface area contributed by atoms with Gasteiger partial charge in [-0.25, -0.2) is 4.98 Å². The van der Waals surface area contributed by atoms with Crippen LogP contribution in [0.1, 0.15) is 18.5 Å². The molecule has 6 heteroatoms. The van der Waals surface area contributed by atoms with Gasteiger partial charge >= 0.3 is 0 Å². The molecule has 2 saturated heterocycles. The van der Waals surface area contributed by atoms with Crippen LogP contribution in [0.4, 0.5) is 11.5 Å². The predicted molar refractivity (Wildman–Crippen MR) is 76.2 cm³/mol. The van der Waals surface area contributed by atoms with Gasteiger partial charge in [0.15, 0.2) is 5.69 Å². The number of anilines is 2. The Morgan fingerprint density at radius 2 is 2.45 bits per heavy atom. The number of nitrogen functional groups attached to an aromatic ring is 1. The highest BCUT2D eigenvalue weighted by Crippen LogP contribution is 2.22.